The van der Waals surface area contributed by atoms with Gasteiger partial charge in [0, 0.05) is 5.56 Å². The third-order valence-corrected chi connectivity index (χ3v) is 3.01. The number of aryl methyl sites for hydroxylation is 1. The van der Waals surface area contributed by atoms with Gasteiger partial charge in [0.15, 0.2) is 5.78 Å². The molecule has 0 aromatic heterocycles. The van der Waals surface area contributed by atoms with Gasteiger partial charge >= 0.3 is 0 Å². The summed E-state index contributed by atoms with van der Waals surface area (Å²) in [6, 6.07) is 5.58. The van der Waals surface area contributed by atoms with Crippen molar-refractivity contribution in [3.63, 3.8) is 0 Å². The van der Waals surface area contributed by atoms with Crippen LogP contribution in [0.5, 0.6) is 0 Å². The molecule has 0 saturated heterocycles. The van der Waals surface area contributed by atoms with E-state index in [2.05, 4.69) is 0 Å². The molecule has 0 N–H and O–H groups in total. The quantitative estimate of drug-likeness (QED) is 0.690. The van der Waals surface area contributed by atoms with E-state index >= 15 is 0 Å². The molecule has 0 atom stereocenters. The first-order valence-electron chi connectivity index (χ1n) is 5.18. The van der Waals surface area contributed by atoms with E-state index in [0.717, 1.165) is 30.4 Å². The molecule has 0 unspecified atom stereocenters. The first-order chi connectivity index (χ1) is 7.18. The van der Waals surface area contributed by atoms with E-state index in [4.69, 9.17) is 11.6 Å². The first-order valence-corrected chi connectivity index (χ1v) is 5.56. The lowest BCUT2D eigenvalue weighted by Crippen LogP contribution is -2.02. The van der Waals surface area contributed by atoms with Crippen LogP contribution in [-0.4, -0.2) is 5.78 Å². The third-order valence-electron chi connectivity index (χ3n) is 2.70. The van der Waals surface area contributed by atoms with Crippen LogP contribution in [0, 0.1) is 6.92 Å². The van der Waals surface area contributed by atoms with Crippen LogP contribution in [0.15, 0.2) is 29.8 Å². The van der Waals surface area contributed by atoms with E-state index in [9.17, 15) is 4.79 Å². The minimum atomic E-state index is 0.0949. The summed E-state index contributed by atoms with van der Waals surface area (Å²) < 4.78 is 0. The largest absolute Gasteiger partial charge is 0.289 e. The summed E-state index contributed by atoms with van der Waals surface area (Å²) in [6.07, 6.45) is 5.02. The number of allylic oxidation sites excluding steroid dienone is 2. The lowest BCUT2D eigenvalue weighted by molar-refractivity contribution is 0.103. The van der Waals surface area contributed by atoms with E-state index in [1.807, 2.05) is 31.2 Å². The average molecular weight is 221 g/mol. The molecular formula is C13H13ClO. The highest BCUT2D eigenvalue weighted by Crippen LogP contribution is 2.26. The SMILES string of the molecule is Cc1ccc(C(=O)C2=CCCC2)c(Cl)c1. The molecule has 15 heavy (non-hydrogen) atoms. The number of benzene rings is 1. The van der Waals surface area contributed by atoms with Gasteiger partial charge in [0.05, 0.1) is 5.02 Å². The molecule has 78 valence electrons. The predicted octanol–water partition coefficient (Wildman–Crippen LogP) is 3.94. The van der Waals surface area contributed by atoms with E-state index in [-0.39, 0.29) is 5.78 Å². The van der Waals surface area contributed by atoms with Crippen molar-refractivity contribution in [2.24, 2.45) is 0 Å². The second-order valence-electron chi connectivity index (χ2n) is 3.93. The fourth-order valence-electron chi connectivity index (χ4n) is 1.85. The Morgan fingerprint density at radius 2 is 2.20 bits per heavy atom. The zero-order chi connectivity index (χ0) is 10.8. The van der Waals surface area contributed by atoms with Gasteiger partial charge in [-0.2, -0.15) is 0 Å². The molecule has 1 aliphatic rings. The molecule has 0 amide bonds. The highest BCUT2D eigenvalue weighted by atomic mass is 35.5. The fourth-order valence-corrected chi connectivity index (χ4v) is 2.18. The molecule has 0 fully saturated rings. The summed E-state index contributed by atoms with van der Waals surface area (Å²) in [4.78, 5) is 12.0. The highest BCUT2D eigenvalue weighted by molar-refractivity contribution is 6.35. The monoisotopic (exact) mass is 220 g/mol. The highest BCUT2D eigenvalue weighted by Gasteiger charge is 2.17. The topological polar surface area (TPSA) is 17.1 Å². The minimum absolute atomic E-state index is 0.0949. The smallest absolute Gasteiger partial charge is 0.190 e. The maximum absolute atomic E-state index is 12.0. The number of carbonyl (C=O) groups is 1. The minimum Gasteiger partial charge on any atom is -0.289 e. The van der Waals surface area contributed by atoms with Crippen molar-refractivity contribution in [3.05, 3.63) is 46.0 Å². The van der Waals surface area contributed by atoms with Gasteiger partial charge in [-0.05, 0) is 49.5 Å². The first kappa shape index (κ1) is 10.4. The molecule has 0 bridgehead atoms. The number of Topliss-reactive ketones (excluding diaryl/α,β-unsaturated/α-hetero) is 1. The van der Waals surface area contributed by atoms with Crippen LogP contribution in [0.4, 0.5) is 0 Å². The Morgan fingerprint density at radius 3 is 2.80 bits per heavy atom. The maximum Gasteiger partial charge on any atom is 0.190 e. The predicted molar refractivity (Wildman–Crippen MR) is 62.5 cm³/mol. The van der Waals surface area contributed by atoms with Gasteiger partial charge in [0.1, 0.15) is 0 Å². The van der Waals surface area contributed by atoms with Crippen LogP contribution in [0.2, 0.25) is 5.02 Å². The molecule has 0 saturated carbocycles. The van der Waals surface area contributed by atoms with Gasteiger partial charge < -0.3 is 0 Å². The molecule has 0 heterocycles. The third kappa shape index (κ3) is 2.13. The Balaban J connectivity index is 2.33. The Hall–Kier alpha value is -1.08. The molecule has 2 heteroatoms. The molecule has 1 nitrogen and oxygen atoms in total. The Kier molecular flexibility index (Phi) is 2.92. The normalized spacial score (nSPS) is 15.2. The summed E-state index contributed by atoms with van der Waals surface area (Å²) in [5, 5.41) is 0.563. The van der Waals surface area contributed by atoms with E-state index in [1.54, 1.807) is 0 Å². The average Bonchev–Trinajstić information content (AvgIpc) is 2.69. The standard InChI is InChI=1S/C13H13ClO/c1-9-6-7-11(12(14)8-9)13(15)10-4-2-3-5-10/h4,6-8H,2-3,5H2,1H3. The molecule has 0 spiro atoms. The summed E-state index contributed by atoms with van der Waals surface area (Å²) in [7, 11) is 0. The van der Waals surface area contributed by atoms with Crippen LogP contribution in [-0.2, 0) is 0 Å². The Morgan fingerprint density at radius 1 is 1.40 bits per heavy atom. The van der Waals surface area contributed by atoms with Crippen molar-refractivity contribution in [2.75, 3.05) is 0 Å². The lowest BCUT2D eigenvalue weighted by atomic mass is 10.0. The van der Waals surface area contributed by atoms with Crippen molar-refractivity contribution in [3.8, 4) is 0 Å². The summed E-state index contributed by atoms with van der Waals surface area (Å²) in [5.74, 6) is 0.0949. The molecular weight excluding hydrogens is 208 g/mol. The number of rotatable bonds is 2. The van der Waals surface area contributed by atoms with Crippen molar-refractivity contribution >= 4 is 17.4 Å². The molecule has 1 aliphatic carbocycles. The molecule has 0 radical (unpaired) electrons. The van der Waals surface area contributed by atoms with Gasteiger partial charge in [-0.3, -0.25) is 4.79 Å². The summed E-state index contributed by atoms with van der Waals surface area (Å²) in [5.41, 5.74) is 2.63. The van der Waals surface area contributed by atoms with Crippen LogP contribution < -0.4 is 0 Å². The molecule has 1 aromatic rings. The number of halogens is 1. The summed E-state index contributed by atoms with van der Waals surface area (Å²) >= 11 is 6.05. The fraction of sp³-hybridized carbons (Fsp3) is 0.308. The second kappa shape index (κ2) is 4.19. The van der Waals surface area contributed by atoms with Crippen LogP contribution in [0.3, 0.4) is 0 Å². The zero-order valence-corrected chi connectivity index (χ0v) is 9.47. The van der Waals surface area contributed by atoms with Gasteiger partial charge in [-0.25, -0.2) is 0 Å². The molecule has 0 aliphatic heterocycles. The van der Waals surface area contributed by atoms with Gasteiger partial charge in [0.25, 0.3) is 0 Å². The lowest BCUT2D eigenvalue weighted by Gasteiger charge is -2.04. The summed E-state index contributed by atoms with van der Waals surface area (Å²) in [6.45, 7) is 1.97. The second-order valence-corrected chi connectivity index (χ2v) is 4.34. The van der Waals surface area contributed by atoms with Gasteiger partial charge in [-0.15, -0.1) is 0 Å². The van der Waals surface area contributed by atoms with E-state index < -0.39 is 0 Å². The van der Waals surface area contributed by atoms with Crippen LogP contribution in [0.25, 0.3) is 0 Å². The Bertz CT molecular complexity index is 432. The molecule has 1 aromatic carbocycles. The zero-order valence-electron chi connectivity index (χ0n) is 8.72. The number of hydrogen-bond acceptors (Lipinski definition) is 1. The van der Waals surface area contributed by atoms with Gasteiger partial charge in [-0.1, -0.05) is 23.7 Å². The van der Waals surface area contributed by atoms with Crippen molar-refractivity contribution in [1.82, 2.24) is 0 Å². The van der Waals surface area contributed by atoms with E-state index in [1.165, 1.54) is 0 Å². The number of carbonyl (C=O) groups excluding carboxylic acids is 1. The van der Waals surface area contributed by atoms with Crippen LogP contribution >= 0.6 is 11.6 Å². The van der Waals surface area contributed by atoms with Crippen molar-refractivity contribution < 1.29 is 4.79 Å². The maximum atomic E-state index is 12.0. The van der Waals surface area contributed by atoms with Crippen molar-refractivity contribution in [1.29, 1.82) is 0 Å². The van der Waals surface area contributed by atoms with Crippen LogP contribution in [0.1, 0.15) is 35.2 Å². The van der Waals surface area contributed by atoms with E-state index in [0.29, 0.717) is 10.6 Å². The number of ketones is 1. The van der Waals surface area contributed by atoms with Gasteiger partial charge in [0.2, 0.25) is 0 Å². The number of hydrogen-bond donors (Lipinski definition) is 0. The Labute approximate surface area is 94.8 Å². The van der Waals surface area contributed by atoms with Crippen molar-refractivity contribution in [2.45, 2.75) is 26.2 Å². The molecule has 2 rings (SSSR count).